The molecule has 2 amide bonds. The summed E-state index contributed by atoms with van der Waals surface area (Å²) >= 11 is 15.8. The van der Waals surface area contributed by atoms with Crippen LogP contribution in [0.3, 0.4) is 0 Å². The van der Waals surface area contributed by atoms with Crippen molar-refractivity contribution < 1.29 is 18.0 Å². The molecule has 0 fully saturated rings. The zero-order chi connectivity index (χ0) is 27.9. The summed E-state index contributed by atoms with van der Waals surface area (Å²) in [5, 5.41) is 3.23. The number of benzene rings is 3. The van der Waals surface area contributed by atoms with Crippen LogP contribution in [0.5, 0.6) is 0 Å². The lowest BCUT2D eigenvalue weighted by Crippen LogP contribution is -2.53. The highest BCUT2D eigenvalue weighted by Gasteiger charge is 2.33. The monoisotopic (exact) mass is 639 g/mol. The first-order chi connectivity index (χ1) is 18.0. The van der Waals surface area contributed by atoms with E-state index in [1.807, 2.05) is 54.6 Å². The molecule has 0 unspecified atom stereocenters. The molecule has 0 heterocycles. The molecule has 0 aliphatic rings. The van der Waals surface area contributed by atoms with Crippen LogP contribution < -0.4 is 9.62 Å². The minimum absolute atomic E-state index is 0.0822. The van der Waals surface area contributed by atoms with Crippen LogP contribution in [0.2, 0.25) is 10.0 Å². The molecule has 0 radical (unpaired) electrons. The Morgan fingerprint density at radius 1 is 0.974 bits per heavy atom. The van der Waals surface area contributed by atoms with Crippen LogP contribution in [0, 0.1) is 0 Å². The van der Waals surface area contributed by atoms with E-state index < -0.39 is 28.5 Å². The van der Waals surface area contributed by atoms with Crippen LogP contribution in [0.4, 0.5) is 5.69 Å². The molecule has 7 nitrogen and oxygen atoms in total. The lowest BCUT2D eigenvalue weighted by Gasteiger charge is -2.33. The van der Waals surface area contributed by atoms with Gasteiger partial charge in [-0.05, 0) is 48.4 Å². The molecule has 0 aromatic heterocycles. The van der Waals surface area contributed by atoms with Crippen LogP contribution >= 0.6 is 39.1 Å². The summed E-state index contributed by atoms with van der Waals surface area (Å²) in [6, 6.07) is 20.2. The van der Waals surface area contributed by atoms with Gasteiger partial charge in [-0.3, -0.25) is 13.9 Å². The van der Waals surface area contributed by atoms with E-state index in [0.717, 1.165) is 26.2 Å². The summed E-state index contributed by atoms with van der Waals surface area (Å²) in [7, 11) is -3.93. The molecule has 3 aromatic rings. The molecule has 0 saturated heterocycles. The van der Waals surface area contributed by atoms with E-state index in [0.29, 0.717) is 11.6 Å². The van der Waals surface area contributed by atoms with Gasteiger partial charge >= 0.3 is 0 Å². The van der Waals surface area contributed by atoms with Gasteiger partial charge in [0.1, 0.15) is 12.6 Å². The summed E-state index contributed by atoms with van der Waals surface area (Å²) in [6.45, 7) is 1.70. The average Bonchev–Trinajstić information content (AvgIpc) is 2.85. The minimum atomic E-state index is -3.93. The van der Waals surface area contributed by atoms with Crippen molar-refractivity contribution in [2.75, 3.05) is 23.7 Å². The van der Waals surface area contributed by atoms with Crippen LogP contribution in [0.1, 0.15) is 18.1 Å². The Hall–Kier alpha value is -2.59. The maximum absolute atomic E-state index is 13.9. The maximum atomic E-state index is 13.9. The Balaban J connectivity index is 2.06. The standard InChI is InChI=1S/C27H28BrCl2N3O4S/c1-3-31-27(35)25(15-19-8-5-4-6-9-19)32(17-20-10-7-11-21(28)14-20)26(34)18-33(38(2,36)37)24-13-12-22(29)16-23(24)30/h4-14,16,25H,3,15,17-18H2,1-2H3,(H,31,35)/t25-/m0/s1. The van der Waals surface area contributed by atoms with E-state index in [1.165, 1.54) is 23.1 Å². The Morgan fingerprint density at radius 3 is 2.26 bits per heavy atom. The predicted octanol–water partition coefficient (Wildman–Crippen LogP) is 5.30. The van der Waals surface area contributed by atoms with Gasteiger partial charge in [-0.25, -0.2) is 8.42 Å². The van der Waals surface area contributed by atoms with Gasteiger partial charge in [0.05, 0.1) is 17.0 Å². The third kappa shape index (κ3) is 8.20. The summed E-state index contributed by atoms with van der Waals surface area (Å²) < 4.78 is 27.4. The van der Waals surface area contributed by atoms with Crippen LogP contribution in [0.15, 0.2) is 77.3 Å². The van der Waals surface area contributed by atoms with Crippen molar-refractivity contribution in [3.8, 4) is 0 Å². The van der Waals surface area contributed by atoms with Gasteiger partial charge in [0, 0.05) is 29.0 Å². The number of hydrogen-bond acceptors (Lipinski definition) is 4. The van der Waals surface area contributed by atoms with E-state index in [2.05, 4.69) is 21.2 Å². The molecule has 0 aliphatic heterocycles. The van der Waals surface area contributed by atoms with Crippen LogP contribution in [-0.4, -0.2) is 50.5 Å². The third-order valence-electron chi connectivity index (χ3n) is 5.72. The highest BCUT2D eigenvalue weighted by molar-refractivity contribution is 9.10. The number of amides is 2. The minimum Gasteiger partial charge on any atom is -0.355 e. The van der Waals surface area contributed by atoms with E-state index in [9.17, 15) is 18.0 Å². The molecule has 11 heteroatoms. The molecule has 1 N–H and O–H groups in total. The van der Waals surface area contributed by atoms with Crippen molar-refractivity contribution in [2.24, 2.45) is 0 Å². The van der Waals surface area contributed by atoms with Crippen LogP contribution in [-0.2, 0) is 32.6 Å². The lowest BCUT2D eigenvalue weighted by atomic mass is 10.0. The largest absolute Gasteiger partial charge is 0.355 e. The highest BCUT2D eigenvalue weighted by Crippen LogP contribution is 2.30. The Morgan fingerprint density at radius 2 is 1.66 bits per heavy atom. The lowest BCUT2D eigenvalue weighted by molar-refractivity contribution is -0.140. The average molecular weight is 641 g/mol. The van der Waals surface area contributed by atoms with Gasteiger partial charge < -0.3 is 10.2 Å². The Bertz CT molecular complexity index is 1390. The van der Waals surface area contributed by atoms with Gasteiger partial charge in [0.25, 0.3) is 0 Å². The number of nitrogens with zero attached hydrogens (tertiary/aromatic N) is 2. The van der Waals surface area contributed by atoms with Crippen molar-refractivity contribution in [2.45, 2.75) is 25.9 Å². The van der Waals surface area contributed by atoms with Gasteiger partial charge in [-0.2, -0.15) is 0 Å². The van der Waals surface area contributed by atoms with Crippen molar-refractivity contribution in [3.63, 3.8) is 0 Å². The molecule has 0 bridgehead atoms. The fourth-order valence-corrected chi connectivity index (χ4v) is 5.83. The normalized spacial score (nSPS) is 12.0. The molecule has 0 spiro atoms. The number of nitrogens with one attached hydrogen (secondary N) is 1. The second kappa shape index (κ2) is 13.5. The first-order valence-corrected chi connectivity index (χ1v) is 15.2. The Kier molecular flexibility index (Phi) is 10.6. The number of sulfonamides is 1. The second-order valence-corrected chi connectivity index (χ2v) is 12.3. The molecule has 38 heavy (non-hydrogen) atoms. The van der Waals surface area contributed by atoms with Crippen molar-refractivity contribution >= 4 is 66.7 Å². The molecule has 3 aromatic carbocycles. The van der Waals surface area contributed by atoms with Gasteiger partial charge in [-0.1, -0.05) is 81.6 Å². The molecule has 0 aliphatic carbocycles. The topological polar surface area (TPSA) is 86.8 Å². The number of likely N-dealkylation sites (N-methyl/N-ethyl adjacent to an activating group) is 1. The summed E-state index contributed by atoms with van der Waals surface area (Å²) in [4.78, 5) is 28.7. The SMILES string of the molecule is CCNC(=O)[C@H](Cc1ccccc1)N(Cc1cccc(Br)c1)C(=O)CN(c1ccc(Cl)cc1Cl)S(C)(=O)=O. The van der Waals surface area contributed by atoms with Crippen molar-refractivity contribution in [1.29, 1.82) is 0 Å². The van der Waals surface area contributed by atoms with E-state index in [-0.39, 0.29) is 29.6 Å². The van der Waals surface area contributed by atoms with Crippen molar-refractivity contribution in [3.05, 3.63) is 98.4 Å². The fraction of sp³-hybridized carbons (Fsp3) is 0.259. The molecule has 0 saturated carbocycles. The molecular weight excluding hydrogens is 613 g/mol. The summed E-state index contributed by atoms with van der Waals surface area (Å²) in [5.41, 5.74) is 1.74. The highest BCUT2D eigenvalue weighted by atomic mass is 79.9. The van der Waals surface area contributed by atoms with Crippen LogP contribution in [0.25, 0.3) is 0 Å². The summed E-state index contributed by atoms with van der Waals surface area (Å²) in [5.74, 6) is -0.899. The van der Waals surface area contributed by atoms with Crippen molar-refractivity contribution in [1.82, 2.24) is 10.2 Å². The number of rotatable bonds is 11. The number of halogens is 3. The maximum Gasteiger partial charge on any atom is 0.244 e. The van der Waals surface area contributed by atoms with E-state index in [4.69, 9.17) is 23.2 Å². The molecular formula is C27H28BrCl2N3O4S. The molecule has 202 valence electrons. The fourth-order valence-electron chi connectivity index (χ4n) is 3.96. The predicted molar refractivity (Wildman–Crippen MR) is 156 cm³/mol. The zero-order valence-corrected chi connectivity index (χ0v) is 24.8. The summed E-state index contributed by atoms with van der Waals surface area (Å²) in [6.07, 6.45) is 1.24. The first-order valence-electron chi connectivity index (χ1n) is 11.8. The van der Waals surface area contributed by atoms with Gasteiger partial charge in [0.15, 0.2) is 0 Å². The molecule has 1 atom stereocenters. The Labute approximate surface area is 241 Å². The number of hydrogen-bond donors (Lipinski definition) is 1. The van der Waals surface area contributed by atoms with E-state index in [1.54, 1.807) is 6.92 Å². The first kappa shape index (κ1) is 30.0. The third-order valence-corrected chi connectivity index (χ3v) is 7.88. The smallest absolute Gasteiger partial charge is 0.244 e. The number of carbonyl (C=O) groups is 2. The van der Waals surface area contributed by atoms with E-state index >= 15 is 0 Å². The quantitative estimate of drug-likeness (QED) is 0.308. The van der Waals surface area contributed by atoms with Gasteiger partial charge in [-0.15, -0.1) is 0 Å². The van der Waals surface area contributed by atoms with Gasteiger partial charge in [0.2, 0.25) is 21.8 Å². The number of carbonyl (C=O) groups excluding carboxylic acids is 2. The number of anilines is 1. The molecule has 3 rings (SSSR count). The second-order valence-electron chi connectivity index (χ2n) is 8.62. The zero-order valence-electron chi connectivity index (χ0n) is 20.9.